The summed E-state index contributed by atoms with van der Waals surface area (Å²) in [5, 5.41) is 0. The number of rotatable bonds is 0. The molecule has 0 rings (SSSR count). The zero-order valence-corrected chi connectivity index (χ0v) is 2.49. The number of terminal acetylenes is 1. The van der Waals surface area contributed by atoms with E-state index in [4.69, 9.17) is 0 Å². The first kappa shape index (κ1) is 8.84. The largest absolute Gasteiger partial charge is 0.450 e. The minimum absolute atomic E-state index is 0. The first-order chi connectivity index (χ1) is 1.91. The summed E-state index contributed by atoms with van der Waals surface area (Å²) < 4.78 is 4.07. The Morgan fingerprint density at radius 1 is 1.80 bits per heavy atom. The van der Waals surface area contributed by atoms with Crippen LogP contribution in [0.1, 0.15) is 7.43 Å². The highest BCUT2D eigenvalue weighted by Crippen LogP contribution is 1.41. The molecule has 5 heavy (non-hydrogen) atoms. The van der Waals surface area contributed by atoms with Crippen LogP contribution in [0, 0.1) is 12.5 Å². The van der Waals surface area contributed by atoms with Crippen molar-refractivity contribution in [2.45, 2.75) is 7.43 Å². The third kappa shape index (κ3) is 48.0. The van der Waals surface area contributed by atoms with Crippen LogP contribution in [-0.4, -0.2) is 7.11 Å². The maximum absolute atomic E-state index is 4.56. The highest BCUT2D eigenvalue weighted by atomic mass is 16.5. The first-order valence-corrected chi connectivity index (χ1v) is 0.901. The molecule has 0 aromatic rings. The molecule has 0 aliphatic heterocycles. The van der Waals surface area contributed by atoms with Crippen molar-refractivity contribution in [1.29, 1.82) is 0 Å². The Morgan fingerprint density at radius 3 is 2.00 bits per heavy atom. The lowest BCUT2D eigenvalue weighted by molar-refractivity contribution is 0.373. The van der Waals surface area contributed by atoms with E-state index in [2.05, 4.69) is 11.2 Å². The van der Waals surface area contributed by atoms with E-state index < -0.39 is 0 Å². The van der Waals surface area contributed by atoms with Crippen molar-refractivity contribution >= 4 is 0 Å². The summed E-state index contributed by atoms with van der Waals surface area (Å²) in [6.45, 7) is 0. The van der Waals surface area contributed by atoms with Gasteiger partial charge >= 0.3 is 0 Å². The molecule has 0 unspecified atom stereocenters. The van der Waals surface area contributed by atoms with Gasteiger partial charge in [-0.1, -0.05) is 13.9 Å². The van der Waals surface area contributed by atoms with Gasteiger partial charge in [-0.05, 0) is 0 Å². The summed E-state index contributed by atoms with van der Waals surface area (Å²) in [6, 6.07) is 0. The maximum atomic E-state index is 4.56. The molecule has 0 radical (unpaired) electrons. The molecule has 0 spiro atoms. The molecule has 1 nitrogen and oxygen atoms in total. The zero-order chi connectivity index (χ0) is 3.41. The molecule has 0 amide bonds. The smallest absolute Gasteiger partial charge is 0.106 e. The molecule has 0 N–H and O–H groups in total. The maximum Gasteiger partial charge on any atom is 0.106 e. The third-order valence-electron chi connectivity index (χ3n) is 0.118. The van der Waals surface area contributed by atoms with E-state index in [0.29, 0.717) is 0 Å². The van der Waals surface area contributed by atoms with E-state index >= 15 is 0 Å². The molecule has 0 saturated carbocycles. The lowest BCUT2D eigenvalue weighted by Crippen LogP contribution is -1.55. The summed E-state index contributed by atoms with van der Waals surface area (Å²) in [4.78, 5) is 0. The molecule has 0 atom stereocenters. The van der Waals surface area contributed by atoms with Gasteiger partial charge in [0.15, 0.2) is 0 Å². The van der Waals surface area contributed by atoms with Crippen molar-refractivity contribution in [2.24, 2.45) is 0 Å². The van der Waals surface area contributed by atoms with E-state index in [1.807, 2.05) is 6.11 Å². The fraction of sp³-hybridized carbons (Fsp3) is 0.500. The van der Waals surface area contributed by atoms with Crippen LogP contribution in [0.2, 0.25) is 0 Å². The highest BCUT2D eigenvalue weighted by molar-refractivity contribution is 4.65. The van der Waals surface area contributed by atoms with E-state index in [1.165, 1.54) is 7.11 Å². The highest BCUT2D eigenvalue weighted by Gasteiger charge is 1.34. The quantitative estimate of drug-likeness (QED) is 0.386. The van der Waals surface area contributed by atoms with Gasteiger partial charge in [0.1, 0.15) is 6.11 Å². The summed E-state index contributed by atoms with van der Waals surface area (Å²) >= 11 is 0. The summed E-state index contributed by atoms with van der Waals surface area (Å²) in [5.41, 5.74) is 0. The fourth-order valence-corrected chi connectivity index (χ4v) is 0. The van der Waals surface area contributed by atoms with E-state index in [1.54, 1.807) is 0 Å². The molecule has 0 aliphatic carbocycles. The van der Waals surface area contributed by atoms with E-state index in [-0.39, 0.29) is 7.43 Å². The van der Waals surface area contributed by atoms with Crippen molar-refractivity contribution in [3.8, 4) is 12.5 Å². The Hall–Kier alpha value is -0.640. The van der Waals surface area contributed by atoms with Crippen LogP contribution in [-0.2, 0) is 4.74 Å². The minimum Gasteiger partial charge on any atom is -0.450 e. The molecule has 0 saturated heterocycles. The van der Waals surface area contributed by atoms with Crippen LogP contribution in [0.15, 0.2) is 0 Å². The van der Waals surface area contributed by atoms with Gasteiger partial charge in [-0.2, -0.15) is 0 Å². The van der Waals surface area contributed by atoms with Crippen LogP contribution in [0.25, 0.3) is 0 Å². The van der Waals surface area contributed by atoms with Gasteiger partial charge in [-0.25, -0.2) is 0 Å². The third-order valence-corrected chi connectivity index (χ3v) is 0.118. The van der Waals surface area contributed by atoms with Crippen molar-refractivity contribution in [3.05, 3.63) is 0 Å². The first-order valence-electron chi connectivity index (χ1n) is 0.901. The fourth-order valence-electron chi connectivity index (χ4n) is 0. The van der Waals surface area contributed by atoms with Gasteiger partial charge in [-0.15, -0.1) is 0 Å². The Balaban J connectivity index is 0. The predicted molar refractivity (Wildman–Crippen MR) is 22.6 cm³/mol. The Morgan fingerprint density at radius 2 is 2.00 bits per heavy atom. The molecular formula is C4H8O. The number of hydrogen-bond donors (Lipinski definition) is 0. The molecular weight excluding hydrogens is 64.0 g/mol. The molecule has 0 aromatic carbocycles. The summed E-state index contributed by atoms with van der Waals surface area (Å²) in [6.07, 6.45) is 6.49. The number of methoxy groups -OCH3 is 1. The lowest BCUT2D eigenvalue weighted by atomic mass is 11.3. The summed E-state index contributed by atoms with van der Waals surface area (Å²) in [7, 11) is 1.44. The number of ether oxygens (including phenoxy) is 1. The van der Waals surface area contributed by atoms with Crippen molar-refractivity contribution < 1.29 is 4.74 Å². The zero-order valence-electron chi connectivity index (χ0n) is 2.49. The Kier molecular flexibility index (Phi) is 17.9. The number of hydrogen-bond acceptors (Lipinski definition) is 1. The van der Waals surface area contributed by atoms with Gasteiger partial charge < -0.3 is 4.74 Å². The van der Waals surface area contributed by atoms with Crippen molar-refractivity contribution in [3.63, 3.8) is 0 Å². The van der Waals surface area contributed by atoms with Crippen molar-refractivity contribution in [1.82, 2.24) is 0 Å². The van der Waals surface area contributed by atoms with Gasteiger partial charge in [0, 0.05) is 0 Å². The second-order valence-electron chi connectivity index (χ2n) is 0.322. The molecule has 30 valence electrons. The predicted octanol–water partition coefficient (Wildman–Crippen LogP) is 0.860. The van der Waals surface area contributed by atoms with Gasteiger partial charge in [0.25, 0.3) is 0 Å². The van der Waals surface area contributed by atoms with Crippen LogP contribution in [0.4, 0.5) is 0 Å². The van der Waals surface area contributed by atoms with Crippen LogP contribution in [0.5, 0.6) is 0 Å². The second kappa shape index (κ2) is 10.1. The molecule has 0 aromatic heterocycles. The van der Waals surface area contributed by atoms with Gasteiger partial charge in [0.05, 0.1) is 7.11 Å². The normalized spacial score (nSPS) is 3.20. The lowest BCUT2D eigenvalue weighted by Gasteiger charge is -1.66. The minimum atomic E-state index is 0. The average molecular weight is 72.1 g/mol. The monoisotopic (exact) mass is 72.1 g/mol. The van der Waals surface area contributed by atoms with E-state index in [9.17, 15) is 0 Å². The molecule has 0 bridgehead atoms. The van der Waals surface area contributed by atoms with Gasteiger partial charge in [0.2, 0.25) is 0 Å². The molecule has 0 fully saturated rings. The molecule has 0 heterocycles. The van der Waals surface area contributed by atoms with Crippen LogP contribution < -0.4 is 0 Å². The standard InChI is InChI=1S/C3H4O.CH4/c1-3-4-2;/h1H,2H3;1H4. The topological polar surface area (TPSA) is 9.23 Å². The molecule has 1 heteroatoms. The van der Waals surface area contributed by atoms with Crippen LogP contribution in [0.3, 0.4) is 0 Å². The van der Waals surface area contributed by atoms with Gasteiger partial charge in [-0.3, -0.25) is 0 Å². The van der Waals surface area contributed by atoms with Crippen molar-refractivity contribution in [2.75, 3.05) is 7.11 Å². The Labute approximate surface area is 33.0 Å². The SMILES string of the molecule is C.C#COC. The average Bonchev–Trinajstić information content (AvgIpc) is 1.37. The Bertz CT molecular complexity index is 33.4. The second-order valence-corrected chi connectivity index (χ2v) is 0.322. The van der Waals surface area contributed by atoms with E-state index in [0.717, 1.165) is 0 Å². The molecule has 0 aliphatic rings. The summed E-state index contributed by atoms with van der Waals surface area (Å²) in [5.74, 6) is 0. The van der Waals surface area contributed by atoms with Crippen LogP contribution >= 0.6 is 0 Å².